The fourth-order valence-electron chi connectivity index (χ4n) is 0.0833. The maximum atomic E-state index is 5.10. The first-order valence-corrected chi connectivity index (χ1v) is 2.73. The molecule has 0 aliphatic carbocycles. The Hall–Kier alpha value is 0.0500. The molecule has 36 valence electrons. The lowest BCUT2D eigenvalue weighted by Crippen LogP contribution is -1.76. The minimum atomic E-state index is 0.973. The molecule has 1 nitrogen and oxygen atoms in total. The fourth-order valence-corrected chi connectivity index (χ4v) is 0.250. The average Bonchev–Trinajstić information content (AvgIpc) is 1.65. The molecule has 0 fully saturated rings. The summed E-state index contributed by atoms with van der Waals surface area (Å²) in [6.07, 6.45) is 0.973. The molecule has 0 heterocycles. The van der Waals surface area contributed by atoms with Gasteiger partial charge in [0.05, 0.1) is 0 Å². The Labute approximate surface area is 42.7 Å². The Bertz CT molecular complexity index is 45.5. The first kappa shape index (κ1) is 6.05. The minimum absolute atomic E-state index is 0.973. The Morgan fingerprint density at radius 1 is 2.00 bits per heavy atom. The summed E-state index contributed by atoms with van der Waals surface area (Å²) in [7, 11) is 0. The van der Waals surface area contributed by atoms with Gasteiger partial charge in [0.1, 0.15) is 0 Å². The highest BCUT2D eigenvalue weighted by Crippen LogP contribution is 2.06. The summed E-state index contributed by atoms with van der Waals surface area (Å²) in [5.74, 6) is 0. The summed E-state index contributed by atoms with van der Waals surface area (Å²) < 4.78 is 0. The molecule has 0 saturated carbocycles. The molecular formula is C4H9NS. The third kappa shape index (κ3) is 2.30. The van der Waals surface area contributed by atoms with E-state index in [-0.39, 0.29) is 0 Å². The molecule has 6 heavy (non-hydrogen) atoms. The normalized spacial score (nSPS) is 8.33. The van der Waals surface area contributed by atoms with Gasteiger partial charge in [-0.3, -0.25) is 5.14 Å². The molecule has 0 amide bonds. The molecule has 0 aromatic rings. The maximum Gasteiger partial charge on any atom is -0.00735 e. The summed E-state index contributed by atoms with van der Waals surface area (Å²) in [6.45, 7) is 5.66. The summed E-state index contributed by atoms with van der Waals surface area (Å²) >= 11 is 1.23. The lowest BCUT2D eigenvalue weighted by Gasteiger charge is -1.88. The first-order chi connectivity index (χ1) is 2.81. The van der Waals surface area contributed by atoms with Gasteiger partial charge in [0, 0.05) is 0 Å². The molecule has 0 unspecified atom stereocenters. The summed E-state index contributed by atoms with van der Waals surface area (Å²) in [6, 6.07) is 0. The van der Waals surface area contributed by atoms with Gasteiger partial charge in [-0.2, -0.15) is 0 Å². The molecule has 0 bridgehead atoms. The van der Waals surface area contributed by atoms with E-state index < -0.39 is 0 Å². The van der Waals surface area contributed by atoms with Crippen LogP contribution >= 0.6 is 11.9 Å². The van der Waals surface area contributed by atoms with Crippen LogP contribution < -0.4 is 5.14 Å². The number of nitrogens with two attached hydrogens (primary N) is 1. The van der Waals surface area contributed by atoms with Gasteiger partial charge in [-0.05, 0) is 11.3 Å². The van der Waals surface area contributed by atoms with Crippen molar-refractivity contribution in [1.29, 1.82) is 0 Å². The van der Waals surface area contributed by atoms with Gasteiger partial charge in [0.15, 0.2) is 0 Å². The highest BCUT2D eigenvalue weighted by molar-refractivity contribution is 8.00. The van der Waals surface area contributed by atoms with Crippen molar-refractivity contribution in [3.8, 4) is 0 Å². The molecule has 0 rings (SSSR count). The van der Waals surface area contributed by atoms with Crippen molar-refractivity contribution in [2.75, 3.05) is 0 Å². The van der Waals surface area contributed by atoms with Gasteiger partial charge in [-0.25, -0.2) is 0 Å². The topological polar surface area (TPSA) is 26.0 Å². The highest BCUT2D eigenvalue weighted by atomic mass is 32.2. The molecule has 0 atom stereocenters. The molecule has 0 aromatic heterocycles. The van der Waals surface area contributed by atoms with Crippen molar-refractivity contribution in [3.63, 3.8) is 0 Å². The third-order valence-electron chi connectivity index (χ3n) is 0.561. The van der Waals surface area contributed by atoms with Gasteiger partial charge >= 0.3 is 0 Å². The van der Waals surface area contributed by atoms with Crippen LogP contribution in [0.5, 0.6) is 0 Å². The van der Waals surface area contributed by atoms with Gasteiger partial charge in [-0.1, -0.05) is 25.5 Å². The summed E-state index contributed by atoms with van der Waals surface area (Å²) in [5, 5.41) is 5.10. The van der Waals surface area contributed by atoms with Gasteiger partial charge in [0.2, 0.25) is 0 Å². The molecule has 0 aromatic carbocycles. The van der Waals surface area contributed by atoms with Crippen LogP contribution in [0.3, 0.4) is 0 Å². The lowest BCUT2D eigenvalue weighted by atomic mass is 10.5. The Balaban J connectivity index is 2.99. The standard InChI is InChI=1S/C4H9NS/c1-3-4(2)6-5/h2-3,5H2,1H3. The van der Waals surface area contributed by atoms with Crippen LogP contribution in [0.25, 0.3) is 0 Å². The molecule has 0 spiro atoms. The van der Waals surface area contributed by atoms with Gasteiger partial charge in [-0.15, -0.1) is 0 Å². The van der Waals surface area contributed by atoms with Crippen LogP contribution in [0.15, 0.2) is 11.5 Å². The lowest BCUT2D eigenvalue weighted by molar-refractivity contribution is 1.21. The molecule has 0 aliphatic heterocycles. The second-order valence-electron chi connectivity index (χ2n) is 1.01. The second kappa shape index (κ2) is 3.25. The Morgan fingerprint density at radius 3 is 2.50 bits per heavy atom. The largest absolute Gasteiger partial charge is 0.274 e. The Morgan fingerprint density at radius 2 is 2.50 bits per heavy atom. The van der Waals surface area contributed by atoms with Crippen LogP contribution in [0.4, 0.5) is 0 Å². The molecular weight excluding hydrogens is 94.1 g/mol. The number of hydrogen-bond acceptors (Lipinski definition) is 2. The number of rotatable bonds is 2. The zero-order chi connectivity index (χ0) is 4.99. The zero-order valence-electron chi connectivity index (χ0n) is 3.90. The van der Waals surface area contributed by atoms with E-state index in [0.29, 0.717) is 0 Å². The smallest absolute Gasteiger partial charge is 0.00735 e. The molecule has 0 aliphatic rings. The van der Waals surface area contributed by atoms with Crippen LogP contribution in [-0.4, -0.2) is 0 Å². The number of allylic oxidation sites excluding steroid dienone is 1. The van der Waals surface area contributed by atoms with Crippen LogP contribution in [0.2, 0.25) is 0 Å². The van der Waals surface area contributed by atoms with Gasteiger partial charge < -0.3 is 0 Å². The van der Waals surface area contributed by atoms with Crippen molar-refractivity contribution < 1.29 is 0 Å². The second-order valence-corrected chi connectivity index (χ2v) is 1.82. The SMILES string of the molecule is C=C(CC)SN. The van der Waals surface area contributed by atoms with E-state index in [1.807, 2.05) is 6.92 Å². The predicted molar refractivity (Wildman–Crippen MR) is 31.2 cm³/mol. The van der Waals surface area contributed by atoms with Gasteiger partial charge in [0.25, 0.3) is 0 Å². The fraction of sp³-hybridized carbons (Fsp3) is 0.500. The van der Waals surface area contributed by atoms with E-state index >= 15 is 0 Å². The quantitative estimate of drug-likeness (QED) is 0.536. The maximum absolute atomic E-state index is 5.10. The first-order valence-electron chi connectivity index (χ1n) is 1.85. The monoisotopic (exact) mass is 103 g/mol. The average molecular weight is 103 g/mol. The highest BCUT2D eigenvalue weighted by Gasteiger charge is 1.79. The van der Waals surface area contributed by atoms with E-state index in [1.54, 1.807) is 0 Å². The zero-order valence-corrected chi connectivity index (χ0v) is 4.72. The van der Waals surface area contributed by atoms with Crippen LogP contribution in [-0.2, 0) is 0 Å². The predicted octanol–water partition coefficient (Wildman–Crippen LogP) is 1.52. The molecule has 2 heteroatoms. The number of hydrogen-bond donors (Lipinski definition) is 1. The summed E-state index contributed by atoms with van der Waals surface area (Å²) in [4.78, 5) is 1.04. The van der Waals surface area contributed by atoms with E-state index in [2.05, 4.69) is 6.58 Å². The van der Waals surface area contributed by atoms with Crippen molar-refractivity contribution >= 4 is 11.9 Å². The van der Waals surface area contributed by atoms with Crippen molar-refractivity contribution in [2.45, 2.75) is 13.3 Å². The van der Waals surface area contributed by atoms with Crippen LogP contribution in [0, 0.1) is 0 Å². The van der Waals surface area contributed by atoms with Crippen molar-refractivity contribution in [2.24, 2.45) is 5.14 Å². The van der Waals surface area contributed by atoms with E-state index in [0.717, 1.165) is 11.3 Å². The summed E-state index contributed by atoms with van der Waals surface area (Å²) in [5.41, 5.74) is 0. The van der Waals surface area contributed by atoms with Crippen molar-refractivity contribution in [3.05, 3.63) is 11.5 Å². The van der Waals surface area contributed by atoms with Crippen molar-refractivity contribution in [1.82, 2.24) is 0 Å². The Kier molecular flexibility index (Phi) is 3.28. The molecule has 0 saturated heterocycles. The van der Waals surface area contributed by atoms with E-state index in [4.69, 9.17) is 5.14 Å². The minimum Gasteiger partial charge on any atom is -0.274 e. The van der Waals surface area contributed by atoms with E-state index in [1.165, 1.54) is 11.9 Å². The van der Waals surface area contributed by atoms with E-state index in [9.17, 15) is 0 Å². The van der Waals surface area contributed by atoms with Crippen LogP contribution in [0.1, 0.15) is 13.3 Å². The third-order valence-corrected chi connectivity index (χ3v) is 1.18. The molecule has 2 N–H and O–H groups in total. The molecule has 0 radical (unpaired) electrons.